The fourth-order valence-corrected chi connectivity index (χ4v) is 1.13. The largest absolute Gasteiger partial charge is 0.448 e. The van der Waals surface area contributed by atoms with Gasteiger partial charge in [0, 0.05) is 12.5 Å². The van der Waals surface area contributed by atoms with Gasteiger partial charge >= 0.3 is 5.97 Å². The topological polar surface area (TPSA) is 67.2 Å². The Morgan fingerprint density at radius 2 is 1.93 bits per heavy atom. The fourth-order valence-electron chi connectivity index (χ4n) is 1.13. The van der Waals surface area contributed by atoms with Gasteiger partial charge in [-0.1, -0.05) is 30.3 Å². The highest BCUT2D eigenvalue weighted by Gasteiger charge is 2.22. The van der Waals surface area contributed by atoms with Crippen molar-refractivity contribution in [3.05, 3.63) is 35.9 Å². The average molecular weight is 203 g/mol. The van der Waals surface area contributed by atoms with Crippen LogP contribution in [-0.2, 0) is 14.3 Å². The third-order valence-electron chi connectivity index (χ3n) is 1.73. The van der Waals surface area contributed by atoms with E-state index in [1.807, 2.05) is 0 Å². The summed E-state index contributed by atoms with van der Waals surface area (Å²) in [5.74, 6) is -1.37. The van der Waals surface area contributed by atoms with E-state index in [1.54, 1.807) is 30.3 Å². The Kier molecular flexibility index (Phi) is 3.58. The van der Waals surface area contributed by atoms with E-state index in [-0.39, 0.29) is 0 Å². The summed E-state index contributed by atoms with van der Waals surface area (Å²) in [6.45, 7) is 1.20. The second-order valence-corrected chi connectivity index (χ2v) is 2.88. The van der Waals surface area contributed by atoms with Gasteiger partial charge in [-0.05, 0) is 0 Å². The molecule has 0 heterocycles. The molecule has 0 radical (unpaired) electrons. The Labute approximate surface area is 87.1 Å². The van der Waals surface area contributed by atoms with Crippen molar-refractivity contribution in [2.24, 2.45) is 0 Å². The highest BCUT2D eigenvalue weighted by molar-refractivity contribution is 5.98. The molecule has 0 unspecified atom stereocenters. The summed E-state index contributed by atoms with van der Waals surface area (Å²) < 4.78 is 4.78. The van der Waals surface area contributed by atoms with Gasteiger partial charge in [0.1, 0.15) is 6.07 Å². The summed E-state index contributed by atoms with van der Waals surface area (Å²) in [6.07, 6.45) is -1.12. The molecule has 0 aromatic heterocycles. The number of Topliss-reactive ketones (excluding diaryl/α,β-unsaturated/α-hetero) is 1. The molecule has 1 aromatic rings. The van der Waals surface area contributed by atoms with Crippen molar-refractivity contribution in [1.29, 1.82) is 5.26 Å². The monoisotopic (exact) mass is 203 g/mol. The van der Waals surface area contributed by atoms with Gasteiger partial charge in [0.05, 0.1) is 0 Å². The van der Waals surface area contributed by atoms with Crippen molar-refractivity contribution in [2.75, 3.05) is 0 Å². The van der Waals surface area contributed by atoms with Crippen LogP contribution in [0, 0.1) is 11.3 Å². The maximum atomic E-state index is 11.2. The van der Waals surface area contributed by atoms with Crippen molar-refractivity contribution < 1.29 is 14.3 Å². The first-order valence-corrected chi connectivity index (χ1v) is 4.31. The van der Waals surface area contributed by atoms with Crippen LogP contribution in [0.2, 0.25) is 0 Å². The van der Waals surface area contributed by atoms with Crippen LogP contribution in [0.5, 0.6) is 0 Å². The van der Waals surface area contributed by atoms with Crippen molar-refractivity contribution in [1.82, 2.24) is 0 Å². The number of nitriles is 1. The summed E-state index contributed by atoms with van der Waals surface area (Å²) in [7, 11) is 0. The fraction of sp³-hybridized carbons (Fsp3) is 0.182. The number of ketones is 1. The third kappa shape index (κ3) is 2.92. The van der Waals surface area contributed by atoms with E-state index in [0.29, 0.717) is 5.56 Å². The number of nitrogens with zero attached hydrogens (tertiary/aromatic N) is 1. The van der Waals surface area contributed by atoms with E-state index in [1.165, 1.54) is 13.0 Å². The second-order valence-electron chi connectivity index (χ2n) is 2.88. The third-order valence-corrected chi connectivity index (χ3v) is 1.73. The molecular formula is C11H9NO3. The van der Waals surface area contributed by atoms with Gasteiger partial charge < -0.3 is 4.74 Å². The Morgan fingerprint density at radius 3 is 2.40 bits per heavy atom. The van der Waals surface area contributed by atoms with Crippen molar-refractivity contribution >= 4 is 11.8 Å². The minimum absolute atomic E-state index is 0.499. The first kappa shape index (κ1) is 10.9. The maximum Gasteiger partial charge on any atom is 0.303 e. The molecule has 0 N–H and O–H groups in total. The number of rotatable bonds is 3. The number of hydrogen-bond donors (Lipinski definition) is 0. The van der Waals surface area contributed by atoms with Crippen LogP contribution in [0.15, 0.2) is 30.3 Å². The molecule has 0 aliphatic heterocycles. The number of carbonyl (C=O) groups is 2. The van der Waals surface area contributed by atoms with Crippen LogP contribution in [0.3, 0.4) is 0 Å². The number of carbonyl (C=O) groups excluding carboxylic acids is 2. The van der Waals surface area contributed by atoms with Gasteiger partial charge in [-0.25, -0.2) is 0 Å². The molecule has 1 rings (SSSR count). The average Bonchev–Trinajstić information content (AvgIpc) is 2.26. The first-order valence-electron chi connectivity index (χ1n) is 4.31. The van der Waals surface area contributed by atoms with Gasteiger partial charge in [0.25, 0.3) is 5.78 Å². The predicted molar refractivity (Wildman–Crippen MR) is 51.6 cm³/mol. The molecule has 0 bridgehead atoms. The van der Waals surface area contributed by atoms with Gasteiger partial charge in [0.15, 0.2) is 6.10 Å². The molecule has 1 atom stereocenters. The lowest BCUT2D eigenvalue weighted by Gasteiger charge is -2.12. The van der Waals surface area contributed by atoms with Crippen LogP contribution in [-0.4, -0.2) is 11.8 Å². The Balaban J connectivity index is 2.97. The normalized spacial score (nSPS) is 11.2. The highest BCUT2D eigenvalue weighted by Crippen LogP contribution is 2.17. The maximum absolute atomic E-state index is 11.2. The zero-order chi connectivity index (χ0) is 11.3. The zero-order valence-corrected chi connectivity index (χ0v) is 8.14. The van der Waals surface area contributed by atoms with E-state index in [2.05, 4.69) is 0 Å². The number of ether oxygens (including phenoxy) is 1. The van der Waals surface area contributed by atoms with E-state index in [0.717, 1.165) is 0 Å². The van der Waals surface area contributed by atoms with E-state index >= 15 is 0 Å². The van der Waals surface area contributed by atoms with Gasteiger partial charge in [-0.2, -0.15) is 5.26 Å². The number of esters is 1. The molecule has 0 fully saturated rings. The van der Waals surface area contributed by atoms with Crippen molar-refractivity contribution in [3.63, 3.8) is 0 Å². The van der Waals surface area contributed by atoms with Crippen LogP contribution >= 0.6 is 0 Å². The van der Waals surface area contributed by atoms with E-state index in [9.17, 15) is 9.59 Å². The quantitative estimate of drug-likeness (QED) is 0.549. The first-order chi connectivity index (χ1) is 7.15. The lowest BCUT2D eigenvalue weighted by molar-refractivity contribution is -0.151. The van der Waals surface area contributed by atoms with Crippen LogP contribution in [0.25, 0.3) is 0 Å². The smallest absolute Gasteiger partial charge is 0.303 e. The minimum atomic E-state index is -1.12. The molecule has 0 saturated carbocycles. The standard InChI is InChI=1S/C11H9NO3/c1-8(13)15-11(10(14)7-12)9-5-3-2-4-6-9/h2-6,11H,1H3/t11-/m1/s1. The van der Waals surface area contributed by atoms with Gasteiger partial charge in [0.2, 0.25) is 0 Å². The molecule has 0 saturated heterocycles. The molecule has 4 nitrogen and oxygen atoms in total. The summed E-state index contributed by atoms with van der Waals surface area (Å²) in [5.41, 5.74) is 0.499. The summed E-state index contributed by atoms with van der Waals surface area (Å²) in [6, 6.07) is 9.89. The van der Waals surface area contributed by atoms with E-state index < -0.39 is 17.9 Å². The molecule has 0 aliphatic carbocycles. The molecule has 76 valence electrons. The summed E-state index contributed by atoms with van der Waals surface area (Å²) >= 11 is 0. The van der Waals surface area contributed by atoms with E-state index in [4.69, 9.17) is 10.00 Å². The lowest BCUT2D eigenvalue weighted by atomic mass is 10.1. The molecule has 1 aromatic carbocycles. The van der Waals surface area contributed by atoms with Crippen LogP contribution < -0.4 is 0 Å². The molecule has 0 spiro atoms. The Bertz CT molecular complexity index is 406. The zero-order valence-electron chi connectivity index (χ0n) is 8.14. The summed E-state index contributed by atoms with van der Waals surface area (Å²) in [4.78, 5) is 22.0. The predicted octanol–water partition coefficient (Wildman–Crippen LogP) is 1.38. The molecule has 0 amide bonds. The van der Waals surface area contributed by atoms with Crippen molar-refractivity contribution in [2.45, 2.75) is 13.0 Å². The molecule has 15 heavy (non-hydrogen) atoms. The molecular weight excluding hydrogens is 194 g/mol. The number of benzene rings is 1. The van der Waals surface area contributed by atoms with Crippen molar-refractivity contribution in [3.8, 4) is 6.07 Å². The van der Waals surface area contributed by atoms with Crippen LogP contribution in [0.4, 0.5) is 0 Å². The molecule has 4 heteroatoms. The second kappa shape index (κ2) is 4.91. The van der Waals surface area contributed by atoms with Gasteiger partial charge in [-0.15, -0.1) is 0 Å². The minimum Gasteiger partial charge on any atom is -0.448 e. The van der Waals surface area contributed by atoms with Crippen LogP contribution in [0.1, 0.15) is 18.6 Å². The van der Waals surface area contributed by atoms with Gasteiger partial charge in [-0.3, -0.25) is 9.59 Å². The summed E-state index contributed by atoms with van der Waals surface area (Å²) in [5, 5.41) is 8.49. The lowest BCUT2D eigenvalue weighted by Crippen LogP contribution is -2.16. The highest BCUT2D eigenvalue weighted by atomic mass is 16.5. The Hall–Kier alpha value is -2.15. The number of hydrogen-bond acceptors (Lipinski definition) is 4. The molecule has 0 aliphatic rings. The Morgan fingerprint density at radius 1 is 1.33 bits per heavy atom. The SMILES string of the molecule is CC(=O)O[C@@H](C(=O)C#N)c1ccccc1.